The van der Waals surface area contributed by atoms with Crippen molar-refractivity contribution in [1.82, 2.24) is 0 Å². The van der Waals surface area contributed by atoms with Crippen molar-refractivity contribution in [2.45, 2.75) is 13.3 Å². The number of nitrogens with two attached hydrogens (primary N) is 1. The van der Waals surface area contributed by atoms with Gasteiger partial charge in [-0.2, -0.15) is 0 Å². The Morgan fingerprint density at radius 2 is 2.58 bits per heavy atom. The summed E-state index contributed by atoms with van der Waals surface area (Å²) in [4.78, 5) is 11.1. The summed E-state index contributed by atoms with van der Waals surface area (Å²) in [5, 5.41) is 0. The van der Waals surface area contributed by atoms with Gasteiger partial charge in [0.2, 0.25) is 5.88 Å². The molecule has 1 aliphatic rings. The van der Waals surface area contributed by atoms with Crippen molar-refractivity contribution in [1.29, 1.82) is 0 Å². The lowest BCUT2D eigenvalue weighted by Crippen LogP contribution is -2.16. The van der Waals surface area contributed by atoms with Crippen LogP contribution in [0.15, 0.2) is 23.8 Å². The van der Waals surface area contributed by atoms with Gasteiger partial charge in [0.15, 0.2) is 0 Å². The molecule has 0 radical (unpaired) electrons. The fourth-order valence-electron chi connectivity index (χ4n) is 0.861. The zero-order valence-electron chi connectivity index (χ0n) is 6.87. The lowest BCUT2D eigenvalue weighted by molar-refractivity contribution is -0.138. The van der Waals surface area contributed by atoms with E-state index in [1.54, 1.807) is 13.0 Å². The Morgan fingerprint density at radius 3 is 3.17 bits per heavy atom. The molecular formula is C8H11NO3. The maximum atomic E-state index is 11.1. The molecule has 1 aliphatic heterocycles. The van der Waals surface area contributed by atoms with E-state index in [4.69, 9.17) is 15.2 Å². The third kappa shape index (κ3) is 1.78. The number of allylic oxidation sites excluding steroid dienone is 1. The van der Waals surface area contributed by atoms with Crippen molar-refractivity contribution < 1.29 is 14.3 Å². The summed E-state index contributed by atoms with van der Waals surface area (Å²) in [6, 6.07) is 0. The fraction of sp³-hybridized carbons (Fsp3) is 0.375. The summed E-state index contributed by atoms with van der Waals surface area (Å²) in [5.41, 5.74) is 5.80. The molecule has 1 rings (SSSR count). The predicted octanol–water partition coefficient (Wildman–Crippen LogP) is 0.654. The van der Waals surface area contributed by atoms with Gasteiger partial charge in [-0.3, -0.25) is 0 Å². The van der Waals surface area contributed by atoms with Gasteiger partial charge in [-0.25, -0.2) is 4.79 Å². The van der Waals surface area contributed by atoms with Crippen LogP contribution in [-0.2, 0) is 14.3 Å². The van der Waals surface area contributed by atoms with Crippen molar-refractivity contribution in [3.8, 4) is 0 Å². The fourth-order valence-corrected chi connectivity index (χ4v) is 0.861. The van der Waals surface area contributed by atoms with Crippen LogP contribution in [0.4, 0.5) is 0 Å². The van der Waals surface area contributed by atoms with Crippen LogP contribution in [0.1, 0.15) is 13.3 Å². The van der Waals surface area contributed by atoms with Crippen LogP contribution < -0.4 is 5.73 Å². The van der Waals surface area contributed by atoms with Crippen LogP contribution in [0.2, 0.25) is 0 Å². The van der Waals surface area contributed by atoms with Gasteiger partial charge in [-0.05, 0) is 13.0 Å². The second-order valence-corrected chi connectivity index (χ2v) is 2.26. The summed E-state index contributed by atoms with van der Waals surface area (Å²) in [6.07, 6.45) is 3.64. The number of esters is 1. The molecule has 0 saturated carbocycles. The Morgan fingerprint density at radius 1 is 1.83 bits per heavy atom. The summed E-state index contributed by atoms with van der Waals surface area (Å²) < 4.78 is 9.59. The van der Waals surface area contributed by atoms with Gasteiger partial charge in [0, 0.05) is 6.42 Å². The minimum atomic E-state index is -0.403. The molecule has 0 spiro atoms. The van der Waals surface area contributed by atoms with Crippen molar-refractivity contribution >= 4 is 5.97 Å². The molecule has 2 N–H and O–H groups in total. The van der Waals surface area contributed by atoms with Crippen LogP contribution in [0.25, 0.3) is 0 Å². The van der Waals surface area contributed by atoms with Crippen LogP contribution in [0.5, 0.6) is 0 Å². The van der Waals surface area contributed by atoms with Gasteiger partial charge in [0.05, 0.1) is 12.9 Å². The minimum absolute atomic E-state index is 0.135. The molecule has 1 heterocycles. The number of carbonyl (C=O) groups excluding carboxylic acids is 1. The van der Waals surface area contributed by atoms with E-state index < -0.39 is 5.97 Å². The van der Waals surface area contributed by atoms with E-state index in [0.29, 0.717) is 18.6 Å². The molecule has 0 aromatic carbocycles. The average Bonchev–Trinajstić information content (AvgIpc) is 2.05. The molecular weight excluding hydrogens is 158 g/mol. The van der Waals surface area contributed by atoms with Crippen LogP contribution in [0.3, 0.4) is 0 Å². The van der Waals surface area contributed by atoms with Crippen LogP contribution >= 0.6 is 0 Å². The van der Waals surface area contributed by atoms with E-state index in [0.717, 1.165) is 0 Å². The first-order valence-electron chi connectivity index (χ1n) is 3.73. The van der Waals surface area contributed by atoms with E-state index in [2.05, 4.69) is 0 Å². The number of ether oxygens (including phenoxy) is 2. The van der Waals surface area contributed by atoms with E-state index >= 15 is 0 Å². The van der Waals surface area contributed by atoms with Crippen molar-refractivity contribution in [3.63, 3.8) is 0 Å². The largest absolute Gasteiger partial charge is 0.462 e. The molecule has 4 heteroatoms. The molecule has 0 aromatic rings. The quantitative estimate of drug-likeness (QED) is 0.616. The first kappa shape index (κ1) is 8.64. The maximum absolute atomic E-state index is 11.1. The highest BCUT2D eigenvalue weighted by atomic mass is 16.5. The predicted molar refractivity (Wildman–Crippen MR) is 42.7 cm³/mol. The van der Waals surface area contributed by atoms with Crippen molar-refractivity contribution in [3.05, 3.63) is 23.8 Å². The molecule has 4 nitrogen and oxygen atoms in total. The summed E-state index contributed by atoms with van der Waals surface area (Å²) in [6.45, 7) is 2.09. The summed E-state index contributed by atoms with van der Waals surface area (Å²) >= 11 is 0. The third-order valence-electron chi connectivity index (χ3n) is 1.43. The van der Waals surface area contributed by atoms with Gasteiger partial charge in [0.25, 0.3) is 0 Å². The zero-order valence-corrected chi connectivity index (χ0v) is 6.87. The van der Waals surface area contributed by atoms with Gasteiger partial charge >= 0.3 is 5.97 Å². The average molecular weight is 169 g/mol. The summed E-state index contributed by atoms with van der Waals surface area (Å²) in [5.74, 6) is -0.268. The number of rotatable bonds is 2. The Balaban J connectivity index is 2.66. The third-order valence-corrected chi connectivity index (χ3v) is 1.43. The van der Waals surface area contributed by atoms with Crippen molar-refractivity contribution in [2.75, 3.05) is 6.61 Å². The second kappa shape index (κ2) is 3.80. The first-order chi connectivity index (χ1) is 5.75. The number of carbonyl (C=O) groups is 1. The zero-order chi connectivity index (χ0) is 8.97. The molecule has 12 heavy (non-hydrogen) atoms. The van der Waals surface area contributed by atoms with E-state index in [1.807, 2.05) is 0 Å². The minimum Gasteiger partial charge on any atom is -0.462 e. The molecule has 0 aromatic heterocycles. The van der Waals surface area contributed by atoms with Gasteiger partial charge in [0.1, 0.15) is 5.57 Å². The SMILES string of the molecule is CCOC(=O)C1=C(N)OC=CC1. The van der Waals surface area contributed by atoms with E-state index in [1.165, 1.54) is 6.26 Å². The first-order valence-corrected chi connectivity index (χ1v) is 3.73. The molecule has 66 valence electrons. The monoisotopic (exact) mass is 169 g/mol. The molecule has 0 unspecified atom stereocenters. The Hall–Kier alpha value is -1.45. The molecule has 0 saturated heterocycles. The highest BCUT2D eigenvalue weighted by Crippen LogP contribution is 2.14. The van der Waals surface area contributed by atoms with Crippen molar-refractivity contribution in [2.24, 2.45) is 5.73 Å². The highest BCUT2D eigenvalue weighted by molar-refractivity contribution is 5.89. The Labute approximate surface area is 70.6 Å². The highest BCUT2D eigenvalue weighted by Gasteiger charge is 2.16. The Bertz CT molecular complexity index is 243. The van der Waals surface area contributed by atoms with Crippen LogP contribution in [0, 0.1) is 0 Å². The molecule has 0 aliphatic carbocycles. The standard InChI is InChI=1S/C8H11NO3/c1-2-11-8(10)6-4-3-5-12-7(6)9/h3,5H,2,4,9H2,1H3. The second-order valence-electron chi connectivity index (χ2n) is 2.26. The Kier molecular flexibility index (Phi) is 2.74. The van der Waals surface area contributed by atoms with Gasteiger partial charge in [-0.1, -0.05) is 0 Å². The van der Waals surface area contributed by atoms with E-state index in [-0.39, 0.29) is 5.88 Å². The molecule has 0 atom stereocenters. The molecule has 0 amide bonds. The topological polar surface area (TPSA) is 61.5 Å². The number of hydrogen-bond donors (Lipinski definition) is 1. The smallest absolute Gasteiger partial charge is 0.339 e. The maximum Gasteiger partial charge on any atom is 0.339 e. The van der Waals surface area contributed by atoms with Gasteiger partial charge < -0.3 is 15.2 Å². The lowest BCUT2D eigenvalue weighted by atomic mass is 10.2. The lowest BCUT2D eigenvalue weighted by Gasteiger charge is -2.11. The molecule has 0 fully saturated rings. The van der Waals surface area contributed by atoms with Crippen LogP contribution in [-0.4, -0.2) is 12.6 Å². The number of hydrogen-bond acceptors (Lipinski definition) is 4. The molecule has 0 bridgehead atoms. The summed E-state index contributed by atoms with van der Waals surface area (Å²) in [7, 11) is 0. The van der Waals surface area contributed by atoms with E-state index in [9.17, 15) is 4.79 Å². The normalized spacial score (nSPS) is 15.8. The van der Waals surface area contributed by atoms with Gasteiger partial charge in [-0.15, -0.1) is 0 Å².